The number of fused-ring (bicyclic) bond motifs is 1. The highest BCUT2D eigenvalue weighted by Crippen LogP contribution is 2.33. The molecule has 0 fully saturated rings. The van der Waals surface area contributed by atoms with Crippen LogP contribution in [0.4, 0.5) is 19.1 Å². The number of aryl methyl sites for hydroxylation is 1. The molecule has 0 bridgehead atoms. The lowest BCUT2D eigenvalue weighted by molar-refractivity contribution is -0.137. The van der Waals surface area contributed by atoms with Gasteiger partial charge in [-0.2, -0.15) is 18.3 Å². The van der Waals surface area contributed by atoms with Crippen molar-refractivity contribution in [3.63, 3.8) is 0 Å². The van der Waals surface area contributed by atoms with Crippen LogP contribution in [-0.2, 0) is 11.7 Å². The summed E-state index contributed by atoms with van der Waals surface area (Å²) in [5.74, 6) is -0.674. The van der Waals surface area contributed by atoms with E-state index in [0.29, 0.717) is 5.52 Å². The van der Waals surface area contributed by atoms with E-state index in [2.05, 4.69) is 15.4 Å². The minimum absolute atomic E-state index is 0.153. The van der Waals surface area contributed by atoms with E-state index in [1.165, 1.54) is 25.1 Å². The topological polar surface area (TPSA) is 81.8 Å². The summed E-state index contributed by atoms with van der Waals surface area (Å²) in [5.41, 5.74) is -1.38. The van der Waals surface area contributed by atoms with Crippen LogP contribution in [0.15, 0.2) is 59.4 Å². The van der Waals surface area contributed by atoms with Gasteiger partial charge in [-0.05, 0) is 52.0 Å². The van der Waals surface area contributed by atoms with Gasteiger partial charge in [0.15, 0.2) is 5.69 Å². The number of hydrogen-bond donors (Lipinski definition) is 1. The molecular formula is C24H22F3N5O2. The molecule has 4 rings (SSSR count). The van der Waals surface area contributed by atoms with Crippen LogP contribution in [0.5, 0.6) is 0 Å². The van der Waals surface area contributed by atoms with Gasteiger partial charge in [0.1, 0.15) is 0 Å². The van der Waals surface area contributed by atoms with Gasteiger partial charge in [-0.1, -0.05) is 24.3 Å². The number of carbonyl (C=O) groups excluding carboxylic acids is 1. The predicted octanol–water partition coefficient (Wildman–Crippen LogP) is 4.92. The largest absolute Gasteiger partial charge is 0.418 e. The quantitative estimate of drug-likeness (QED) is 0.462. The highest BCUT2D eigenvalue weighted by atomic mass is 19.4. The molecule has 0 saturated carbocycles. The zero-order chi connectivity index (χ0) is 24.8. The second-order valence-corrected chi connectivity index (χ2v) is 8.81. The van der Waals surface area contributed by atoms with Gasteiger partial charge in [0.25, 0.3) is 5.91 Å². The first-order valence-corrected chi connectivity index (χ1v) is 10.4. The van der Waals surface area contributed by atoms with Crippen molar-refractivity contribution in [1.82, 2.24) is 19.3 Å². The maximum atomic E-state index is 13.6. The SMILES string of the molecule is Cc1cc(=O)c(C(=O)Nc2nc3ccccc3n2C(C)(C)C)nn1-c1ccccc1C(F)(F)F. The van der Waals surface area contributed by atoms with E-state index in [1.807, 2.05) is 43.5 Å². The first kappa shape index (κ1) is 23.2. The Morgan fingerprint density at radius 3 is 2.32 bits per heavy atom. The van der Waals surface area contributed by atoms with E-state index < -0.39 is 34.3 Å². The number of halogens is 3. The maximum absolute atomic E-state index is 13.6. The molecule has 1 N–H and O–H groups in total. The zero-order valence-electron chi connectivity index (χ0n) is 18.9. The Morgan fingerprint density at radius 1 is 1.00 bits per heavy atom. The average Bonchev–Trinajstić information content (AvgIpc) is 3.11. The number of hydrogen-bond acceptors (Lipinski definition) is 4. The summed E-state index contributed by atoms with van der Waals surface area (Å²) in [7, 11) is 0. The number of amides is 1. The van der Waals surface area contributed by atoms with Gasteiger partial charge in [-0.25, -0.2) is 9.67 Å². The predicted molar refractivity (Wildman–Crippen MR) is 122 cm³/mol. The molecule has 2 aromatic carbocycles. The monoisotopic (exact) mass is 469 g/mol. The minimum atomic E-state index is -4.65. The lowest BCUT2D eigenvalue weighted by Gasteiger charge is -2.24. The molecule has 0 unspecified atom stereocenters. The van der Waals surface area contributed by atoms with Crippen LogP contribution < -0.4 is 10.7 Å². The number of nitrogens with one attached hydrogen (secondary N) is 1. The molecule has 0 atom stereocenters. The first-order chi connectivity index (χ1) is 15.9. The molecule has 0 aliphatic carbocycles. The molecule has 2 heterocycles. The summed E-state index contributed by atoms with van der Waals surface area (Å²) in [6, 6.07) is 13.2. The number of para-hydroxylation sites is 3. The van der Waals surface area contributed by atoms with Crippen molar-refractivity contribution in [2.24, 2.45) is 0 Å². The third-order valence-electron chi connectivity index (χ3n) is 5.22. The number of alkyl halides is 3. The van der Waals surface area contributed by atoms with E-state index in [4.69, 9.17) is 0 Å². The van der Waals surface area contributed by atoms with E-state index >= 15 is 0 Å². The van der Waals surface area contributed by atoms with E-state index in [-0.39, 0.29) is 17.3 Å². The van der Waals surface area contributed by atoms with Crippen molar-refractivity contribution in [3.8, 4) is 5.69 Å². The molecule has 176 valence electrons. The summed E-state index contributed by atoms with van der Waals surface area (Å²) in [6.45, 7) is 7.24. The van der Waals surface area contributed by atoms with Crippen molar-refractivity contribution in [1.29, 1.82) is 0 Å². The Kier molecular flexibility index (Phi) is 5.55. The van der Waals surface area contributed by atoms with Gasteiger partial charge in [0.2, 0.25) is 11.4 Å². The number of aromatic nitrogens is 4. The molecule has 4 aromatic rings. The van der Waals surface area contributed by atoms with Gasteiger partial charge in [-0.15, -0.1) is 0 Å². The smallest absolute Gasteiger partial charge is 0.305 e. The Labute approximate surface area is 192 Å². The standard InChI is InChI=1S/C24H22F3N5O2/c1-14-13-19(33)20(30-32(14)17-11-7-5-9-15(17)24(25,26)27)21(34)29-22-28-16-10-6-8-12-18(16)31(22)23(2,3)4/h5-13H,1-4H3,(H,28,29,34). The third kappa shape index (κ3) is 4.18. The van der Waals surface area contributed by atoms with Crippen molar-refractivity contribution in [3.05, 3.63) is 81.8 Å². The van der Waals surface area contributed by atoms with Crippen LogP contribution in [0.1, 0.15) is 42.5 Å². The van der Waals surface area contributed by atoms with Crippen LogP contribution in [0.25, 0.3) is 16.7 Å². The fourth-order valence-electron chi connectivity index (χ4n) is 3.80. The number of carbonyl (C=O) groups is 1. The molecular weight excluding hydrogens is 447 g/mol. The molecule has 10 heteroatoms. The molecule has 34 heavy (non-hydrogen) atoms. The summed E-state index contributed by atoms with van der Waals surface area (Å²) in [5, 5.41) is 6.63. The Balaban J connectivity index is 1.81. The van der Waals surface area contributed by atoms with Crippen molar-refractivity contribution < 1.29 is 18.0 Å². The molecule has 7 nitrogen and oxygen atoms in total. The minimum Gasteiger partial charge on any atom is -0.305 e. The van der Waals surface area contributed by atoms with Gasteiger partial charge in [0, 0.05) is 17.3 Å². The number of rotatable bonds is 3. The summed E-state index contributed by atoms with van der Waals surface area (Å²) < 4.78 is 43.4. The molecule has 0 spiro atoms. The Morgan fingerprint density at radius 2 is 1.65 bits per heavy atom. The molecule has 1 amide bonds. The summed E-state index contributed by atoms with van der Waals surface area (Å²) in [4.78, 5) is 30.2. The van der Waals surface area contributed by atoms with E-state index in [1.54, 1.807) is 6.07 Å². The Hall–Kier alpha value is -3.95. The number of benzene rings is 2. The zero-order valence-corrected chi connectivity index (χ0v) is 18.9. The first-order valence-electron chi connectivity index (χ1n) is 10.4. The van der Waals surface area contributed by atoms with Crippen molar-refractivity contribution in [2.45, 2.75) is 39.4 Å². The van der Waals surface area contributed by atoms with E-state index in [9.17, 15) is 22.8 Å². The Bertz CT molecular complexity index is 1460. The van der Waals surface area contributed by atoms with Gasteiger partial charge in [-0.3, -0.25) is 14.9 Å². The molecule has 0 radical (unpaired) electrons. The maximum Gasteiger partial charge on any atom is 0.418 e. The normalized spacial score (nSPS) is 12.2. The van der Waals surface area contributed by atoms with E-state index in [0.717, 1.165) is 22.3 Å². The molecule has 2 aromatic heterocycles. The average molecular weight is 469 g/mol. The van der Waals surface area contributed by atoms with Crippen LogP contribution in [-0.4, -0.2) is 25.2 Å². The van der Waals surface area contributed by atoms with Gasteiger partial charge >= 0.3 is 6.18 Å². The van der Waals surface area contributed by atoms with Crippen LogP contribution in [0.2, 0.25) is 0 Å². The highest BCUT2D eigenvalue weighted by Gasteiger charge is 2.34. The number of nitrogens with zero attached hydrogens (tertiary/aromatic N) is 4. The molecule has 0 aliphatic rings. The molecule has 0 saturated heterocycles. The summed E-state index contributed by atoms with van der Waals surface area (Å²) in [6.07, 6.45) is -4.65. The fourth-order valence-corrected chi connectivity index (χ4v) is 3.80. The molecule has 0 aliphatic heterocycles. The fraction of sp³-hybridized carbons (Fsp3) is 0.250. The van der Waals surface area contributed by atoms with Crippen LogP contribution in [0, 0.1) is 6.92 Å². The number of anilines is 1. The third-order valence-corrected chi connectivity index (χ3v) is 5.22. The summed E-state index contributed by atoms with van der Waals surface area (Å²) >= 11 is 0. The van der Waals surface area contributed by atoms with Crippen LogP contribution in [0.3, 0.4) is 0 Å². The lowest BCUT2D eigenvalue weighted by atomic mass is 10.1. The number of imidazole rings is 1. The highest BCUT2D eigenvalue weighted by molar-refractivity contribution is 6.02. The van der Waals surface area contributed by atoms with Crippen molar-refractivity contribution >= 4 is 22.9 Å². The second kappa shape index (κ2) is 8.12. The van der Waals surface area contributed by atoms with Crippen LogP contribution >= 0.6 is 0 Å². The lowest BCUT2D eigenvalue weighted by Crippen LogP contribution is -2.30. The second-order valence-electron chi connectivity index (χ2n) is 8.81. The van der Waals surface area contributed by atoms with Gasteiger partial charge < -0.3 is 4.57 Å². The van der Waals surface area contributed by atoms with Crippen molar-refractivity contribution in [2.75, 3.05) is 5.32 Å². The van der Waals surface area contributed by atoms with Gasteiger partial charge in [0.05, 0.1) is 22.3 Å².